The molecule has 0 aliphatic rings. The molecule has 0 radical (unpaired) electrons. The Bertz CT molecular complexity index is 408. The molecule has 0 saturated heterocycles. The number of benzene rings is 1. The lowest BCUT2D eigenvalue weighted by Crippen LogP contribution is -1.98. The molecule has 0 heterocycles. The van der Waals surface area contributed by atoms with Gasteiger partial charge in [-0.15, -0.1) is 6.58 Å². The van der Waals surface area contributed by atoms with Crippen molar-refractivity contribution in [3.63, 3.8) is 0 Å². The third-order valence-corrected chi connectivity index (χ3v) is 2.38. The molecule has 0 bridgehead atoms. The predicted molar refractivity (Wildman–Crippen MR) is 58.4 cm³/mol. The third-order valence-electron chi connectivity index (χ3n) is 2.38. The molecule has 0 amide bonds. The Morgan fingerprint density at radius 1 is 1.47 bits per heavy atom. The number of phenolic OH excluding ortho intramolecular Hbond substituents is 2. The van der Waals surface area contributed by atoms with E-state index in [-0.39, 0.29) is 28.8 Å². The van der Waals surface area contributed by atoms with Gasteiger partial charge in [0.1, 0.15) is 11.5 Å². The van der Waals surface area contributed by atoms with Gasteiger partial charge in [-0.3, -0.25) is 4.79 Å². The van der Waals surface area contributed by atoms with Crippen molar-refractivity contribution in [3.05, 3.63) is 35.9 Å². The highest BCUT2D eigenvalue weighted by Gasteiger charge is 2.17. The molecule has 0 aliphatic heterocycles. The van der Waals surface area contributed by atoms with E-state index in [1.165, 1.54) is 19.1 Å². The van der Waals surface area contributed by atoms with Crippen LogP contribution < -0.4 is 0 Å². The molecule has 0 saturated carbocycles. The predicted octanol–water partition coefficient (Wildman–Crippen LogP) is 2.59. The Balaban J connectivity index is 3.42. The number of phenols is 2. The van der Waals surface area contributed by atoms with E-state index in [1.54, 1.807) is 13.0 Å². The summed E-state index contributed by atoms with van der Waals surface area (Å²) in [6.45, 7) is 6.74. The van der Waals surface area contributed by atoms with Crippen LogP contribution in [0, 0.1) is 0 Å². The van der Waals surface area contributed by atoms with Crippen molar-refractivity contribution >= 4 is 5.78 Å². The minimum absolute atomic E-state index is 0.0232. The van der Waals surface area contributed by atoms with E-state index in [1.807, 2.05) is 0 Å². The molecule has 1 unspecified atom stereocenters. The Labute approximate surface area is 88.7 Å². The van der Waals surface area contributed by atoms with Crippen LogP contribution in [-0.4, -0.2) is 16.0 Å². The van der Waals surface area contributed by atoms with E-state index in [4.69, 9.17) is 0 Å². The van der Waals surface area contributed by atoms with Crippen molar-refractivity contribution in [2.24, 2.45) is 0 Å². The Morgan fingerprint density at radius 2 is 2.07 bits per heavy atom. The van der Waals surface area contributed by atoms with Crippen molar-refractivity contribution in [3.8, 4) is 11.5 Å². The fraction of sp³-hybridized carbons (Fsp3) is 0.250. The molecule has 3 heteroatoms. The monoisotopic (exact) mass is 206 g/mol. The first-order chi connectivity index (χ1) is 6.99. The summed E-state index contributed by atoms with van der Waals surface area (Å²) in [5.74, 6) is -0.617. The summed E-state index contributed by atoms with van der Waals surface area (Å²) in [5, 5.41) is 19.4. The molecule has 3 nitrogen and oxygen atoms in total. The summed E-state index contributed by atoms with van der Waals surface area (Å²) in [6.07, 6.45) is 1.60. The Morgan fingerprint density at radius 3 is 2.53 bits per heavy atom. The number of rotatable bonds is 3. The van der Waals surface area contributed by atoms with E-state index in [0.29, 0.717) is 5.56 Å². The van der Waals surface area contributed by atoms with Crippen LogP contribution >= 0.6 is 0 Å². The normalized spacial score (nSPS) is 12.1. The summed E-state index contributed by atoms with van der Waals surface area (Å²) in [5.41, 5.74) is 0.564. The van der Waals surface area contributed by atoms with Gasteiger partial charge in [0.05, 0.1) is 5.56 Å². The van der Waals surface area contributed by atoms with E-state index in [0.717, 1.165) is 0 Å². The van der Waals surface area contributed by atoms with Crippen LogP contribution in [0.3, 0.4) is 0 Å². The van der Waals surface area contributed by atoms with Crippen LogP contribution in [0.5, 0.6) is 11.5 Å². The number of aromatic hydroxyl groups is 2. The highest BCUT2D eigenvalue weighted by molar-refractivity contribution is 5.97. The first kappa shape index (κ1) is 11.3. The molecular formula is C12H14O3. The molecule has 1 rings (SSSR count). The van der Waals surface area contributed by atoms with Gasteiger partial charge in [0.15, 0.2) is 5.78 Å². The van der Waals surface area contributed by atoms with E-state index in [2.05, 4.69) is 6.58 Å². The number of carbonyl (C=O) groups is 1. The molecule has 2 N–H and O–H groups in total. The van der Waals surface area contributed by atoms with Crippen molar-refractivity contribution < 1.29 is 15.0 Å². The first-order valence-electron chi connectivity index (χ1n) is 4.67. The molecule has 0 aromatic heterocycles. The molecular weight excluding hydrogens is 192 g/mol. The SMILES string of the molecule is C=CC(C)c1c(O)ccc(C(C)=O)c1O. The summed E-state index contributed by atoms with van der Waals surface area (Å²) >= 11 is 0. The Kier molecular flexibility index (Phi) is 3.14. The maximum absolute atomic E-state index is 11.2. The minimum atomic E-state index is -0.231. The number of hydrogen-bond donors (Lipinski definition) is 2. The van der Waals surface area contributed by atoms with Crippen LogP contribution in [0.4, 0.5) is 0 Å². The van der Waals surface area contributed by atoms with Gasteiger partial charge < -0.3 is 10.2 Å². The van der Waals surface area contributed by atoms with Crippen LogP contribution in [0.1, 0.15) is 35.7 Å². The largest absolute Gasteiger partial charge is 0.508 e. The number of ketones is 1. The summed E-state index contributed by atoms with van der Waals surface area (Å²) < 4.78 is 0. The maximum atomic E-state index is 11.2. The van der Waals surface area contributed by atoms with Gasteiger partial charge in [0, 0.05) is 11.5 Å². The van der Waals surface area contributed by atoms with Gasteiger partial charge in [0.2, 0.25) is 0 Å². The highest BCUT2D eigenvalue weighted by atomic mass is 16.3. The summed E-state index contributed by atoms with van der Waals surface area (Å²) in [7, 11) is 0. The van der Waals surface area contributed by atoms with Gasteiger partial charge in [-0.25, -0.2) is 0 Å². The van der Waals surface area contributed by atoms with Crippen LogP contribution in [0.25, 0.3) is 0 Å². The van der Waals surface area contributed by atoms with Crippen molar-refractivity contribution in [2.45, 2.75) is 19.8 Å². The number of Topliss-reactive ketones (excluding diaryl/α,β-unsaturated/α-hetero) is 1. The van der Waals surface area contributed by atoms with Crippen molar-refractivity contribution in [1.29, 1.82) is 0 Å². The molecule has 0 aliphatic carbocycles. The van der Waals surface area contributed by atoms with Gasteiger partial charge in [-0.05, 0) is 19.1 Å². The number of allylic oxidation sites excluding steroid dienone is 1. The summed E-state index contributed by atoms with van der Waals surface area (Å²) in [4.78, 5) is 11.2. The lowest BCUT2D eigenvalue weighted by molar-refractivity contribution is 0.101. The molecule has 1 atom stereocenters. The van der Waals surface area contributed by atoms with Gasteiger partial charge in [-0.1, -0.05) is 13.0 Å². The standard InChI is InChI=1S/C12H14O3/c1-4-7(2)11-10(14)6-5-9(8(3)13)12(11)15/h4-7,14-15H,1H2,2-3H3. The second kappa shape index (κ2) is 4.17. The smallest absolute Gasteiger partial charge is 0.163 e. The number of hydrogen-bond acceptors (Lipinski definition) is 3. The number of carbonyl (C=O) groups excluding carboxylic acids is 1. The molecule has 0 fully saturated rings. The molecule has 1 aromatic rings. The zero-order valence-corrected chi connectivity index (χ0v) is 8.82. The maximum Gasteiger partial charge on any atom is 0.163 e. The second-order valence-corrected chi connectivity index (χ2v) is 3.48. The molecule has 1 aromatic carbocycles. The quantitative estimate of drug-likeness (QED) is 0.590. The zero-order valence-electron chi connectivity index (χ0n) is 8.82. The van der Waals surface area contributed by atoms with Crippen molar-refractivity contribution in [1.82, 2.24) is 0 Å². The minimum Gasteiger partial charge on any atom is -0.508 e. The fourth-order valence-electron chi connectivity index (χ4n) is 1.45. The Hall–Kier alpha value is -1.77. The van der Waals surface area contributed by atoms with Gasteiger partial charge >= 0.3 is 0 Å². The zero-order chi connectivity index (χ0) is 11.6. The van der Waals surface area contributed by atoms with Crippen molar-refractivity contribution in [2.75, 3.05) is 0 Å². The second-order valence-electron chi connectivity index (χ2n) is 3.48. The van der Waals surface area contributed by atoms with Gasteiger partial charge in [-0.2, -0.15) is 0 Å². The van der Waals surface area contributed by atoms with Crippen LogP contribution in [-0.2, 0) is 0 Å². The molecule has 80 valence electrons. The van der Waals surface area contributed by atoms with Crippen LogP contribution in [0.15, 0.2) is 24.8 Å². The lowest BCUT2D eigenvalue weighted by atomic mass is 9.95. The van der Waals surface area contributed by atoms with E-state index < -0.39 is 0 Å². The topological polar surface area (TPSA) is 57.5 Å². The summed E-state index contributed by atoms with van der Waals surface area (Å²) in [6, 6.07) is 2.82. The fourth-order valence-corrected chi connectivity index (χ4v) is 1.45. The molecule has 15 heavy (non-hydrogen) atoms. The van der Waals surface area contributed by atoms with E-state index >= 15 is 0 Å². The lowest BCUT2D eigenvalue weighted by Gasteiger charge is -2.13. The van der Waals surface area contributed by atoms with Gasteiger partial charge in [0.25, 0.3) is 0 Å². The average molecular weight is 206 g/mol. The first-order valence-corrected chi connectivity index (χ1v) is 4.67. The average Bonchev–Trinajstić information content (AvgIpc) is 2.16. The van der Waals surface area contributed by atoms with Crippen LogP contribution in [0.2, 0.25) is 0 Å². The highest BCUT2D eigenvalue weighted by Crippen LogP contribution is 2.36. The molecule has 0 spiro atoms. The van der Waals surface area contributed by atoms with E-state index in [9.17, 15) is 15.0 Å². The third kappa shape index (κ3) is 2.01.